The number of aryl methyl sites for hydroxylation is 1. The van der Waals surface area contributed by atoms with Gasteiger partial charge in [0.1, 0.15) is 0 Å². The predicted molar refractivity (Wildman–Crippen MR) is 104 cm³/mol. The quantitative estimate of drug-likeness (QED) is 0.816. The number of aromatic nitrogens is 1. The maximum atomic E-state index is 12.9. The first-order valence-corrected chi connectivity index (χ1v) is 9.30. The highest BCUT2D eigenvalue weighted by atomic mass is 16.2. The van der Waals surface area contributed by atoms with E-state index in [1.807, 2.05) is 24.0 Å². The third-order valence-electron chi connectivity index (χ3n) is 5.07. The van der Waals surface area contributed by atoms with Crippen LogP contribution in [0.15, 0.2) is 48.8 Å². The van der Waals surface area contributed by atoms with Crippen LogP contribution in [-0.2, 0) is 9.59 Å². The Bertz CT molecular complexity index is 769. The van der Waals surface area contributed by atoms with Gasteiger partial charge in [0.2, 0.25) is 11.8 Å². The van der Waals surface area contributed by atoms with E-state index in [1.165, 1.54) is 5.56 Å². The lowest BCUT2D eigenvalue weighted by Gasteiger charge is -2.31. The minimum atomic E-state index is -0.324. The molecule has 1 fully saturated rings. The molecule has 6 heteroatoms. The topological polar surface area (TPSA) is 88.3 Å². The lowest BCUT2D eigenvalue weighted by Crippen LogP contribution is -2.44. The number of piperidine rings is 1. The Hall–Kier alpha value is -2.73. The summed E-state index contributed by atoms with van der Waals surface area (Å²) in [6.45, 7) is 3.73. The minimum absolute atomic E-state index is 0.0519. The first kappa shape index (κ1) is 19.0. The molecule has 2 aromatic rings. The zero-order valence-corrected chi connectivity index (χ0v) is 15.6. The van der Waals surface area contributed by atoms with Crippen LogP contribution in [-0.4, -0.2) is 41.3 Å². The Kier molecular flexibility index (Phi) is 6.19. The molecule has 1 aromatic carbocycles. The fourth-order valence-corrected chi connectivity index (χ4v) is 3.51. The number of carbonyl (C=O) groups excluding carboxylic acids is 2. The van der Waals surface area contributed by atoms with Crippen molar-refractivity contribution in [3.8, 4) is 0 Å². The molecule has 1 aromatic heterocycles. The smallest absolute Gasteiger partial charge is 0.231 e. The van der Waals surface area contributed by atoms with Crippen molar-refractivity contribution in [3.63, 3.8) is 0 Å². The number of hydrogen-bond acceptors (Lipinski definition) is 4. The van der Waals surface area contributed by atoms with Crippen molar-refractivity contribution < 1.29 is 9.59 Å². The second-order valence-corrected chi connectivity index (χ2v) is 7.15. The molecule has 1 saturated heterocycles. The molecule has 0 spiro atoms. The molecule has 0 unspecified atom stereocenters. The van der Waals surface area contributed by atoms with Crippen LogP contribution in [0.2, 0.25) is 0 Å². The van der Waals surface area contributed by atoms with Crippen LogP contribution in [0, 0.1) is 12.8 Å². The van der Waals surface area contributed by atoms with Gasteiger partial charge in [-0.15, -0.1) is 0 Å². The number of pyridine rings is 1. The van der Waals surface area contributed by atoms with Crippen molar-refractivity contribution in [2.75, 3.05) is 19.6 Å². The number of nitrogens with one attached hydrogen (secondary N) is 1. The van der Waals surface area contributed by atoms with Gasteiger partial charge >= 0.3 is 0 Å². The molecular weight excluding hydrogens is 340 g/mol. The van der Waals surface area contributed by atoms with Crippen LogP contribution in [0.5, 0.6) is 0 Å². The summed E-state index contributed by atoms with van der Waals surface area (Å²) in [5.74, 6) is -0.324. The van der Waals surface area contributed by atoms with E-state index in [0.717, 1.165) is 24.0 Å². The van der Waals surface area contributed by atoms with Crippen LogP contribution in [0.25, 0.3) is 0 Å². The molecule has 27 heavy (non-hydrogen) atoms. The van der Waals surface area contributed by atoms with E-state index >= 15 is 0 Å². The summed E-state index contributed by atoms with van der Waals surface area (Å²) in [4.78, 5) is 30.1. The molecule has 6 nitrogen and oxygen atoms in total. The van der Waals surface area contributed by atoms with E-state index in [0.29, 0.717) is 13.1 Å². The molecule has 2 amide bonds. The Labute approximate surface area is 159 Å². The van der Waals surface area contributed by atoms with Crippen molar-refractivity contribution in [1.82, 2.24) is 15.2 Å². The van der Waals surface area contributed by atoms with Gasteiger partial charge in [0.25, 0.3) is 0 Å². The van der Waals surface area contributed by atoms with Gasteiger partial charge in [0.05, 0.1) is 12.6 Å². The number of primary amides is 1. The van der Waals surface area contributed by atoms with Gasteiger partial charge < -0.3 is 11.1 Å². The van der Waals surface area contributed by atoms with E-state index in [-0.39, 0.29) is 30.3 Å². The van der Waals surface area contributed by atoms with Crippen LogP contribution < -0.4 is 11.1 Å². The van der Waals surface area contributed by atoms with Gasteiger partial charge in [-0.25, -0.2) is 0 Å². The van der Waals surface area contributed by atoms with Crippen molar-refractivity contribution in [3.05, 3.63) is 65.5 Å². The molecule has 0 radical (unpaired) electrons. The standard InChI is InChI=1S/C21H26N4O2/c1-15-2-4-16(5-3-15)20(17-6-10-23-11-7-17)24-21(27)18-8-12-25(13-9-18)14-19(22)26/h2-7,10-11,18,20H,8-9,12-14H2,1H3,(H2,22,26)(H,24,27)/t20-/m0/s1. The number of hydrogen-bond donors (Lipinski definition) is 2. The molecule has 1 aliphatic heterocycles. The second kappa shape index (κ2) is 8.77. The van der Waals surface area contributed by atoms with E-state index < -0.39 is 0 Å². The summed E-state index contributed by atoms with van der Waals surface area (Å²) in [5, 5.41) is 3.22. The highest BCUT2D eigenvalue weighted by molar-refractivity contribution is 5.80. The average Bonchev–Trinajstić information content (AvgIpc) is 2.67. The summed E-state index contributed by atoms with van der Waals surface area (Å²) in [5.41, 5.74) is 8.49. The highest BCUT2D eigenvalue weighted by Gasteiger charge is 2.27. The Morgan fingerprint density at radius 2 is 1.70 bits per heavy atom. The van der Waals surface area contributed by atoms with Crippen LogP contribution in [0.4, 0.5) is 0 Å². The van der Waals surface area contributed by atoms with E-state index in [4.69, 9.17) is 5.73 Å². The minimum Gasteiger partial charge on any atom is -0.369 e. The maximum absolute atomic E-state index is 12.9. The average molecular weight is 366 g/mol. The number of nitrogens with zero attached hydrogens (tertiary/aromatic N) is 2. The van der Waals surface area contributed by atoms with Crippen LogP contribution >= 0.6 is 0 Å². The lowest BCUT2D eigenvalue weighted by molar-refractivity contribution is -0.127. The molecule has 0 aliphatic carbocycles. The molecule has 1 atom stereocenters. The fraction of sp³-hybridized carbons (Fsp3) is 0.381. The van der Waals surface area contributed by atoms with E-state index in [2.05, 4.69) is 34.6 Å². The third kappa shape index (κ3) is 5.14. The van der Waals surface area contributed by atoms with Crippen molar-refractivity contribution in [2.45, 2.75) is 25.8 Å². The van der Waals surface area contributed by atoms with Gasteiger partial charge in [-0.05, 0) is 56.1 Å². The largest absolute Gasteiger partial charge is 0.369 e. The number of benzene rings is 1. The third-order valence-corrected chi connectivity index (χ3v) is 5.07. The van der Waals surface area contributed by atoms with Gasteiger partial charge in [0.15, 0.2) is 0 Å². The van der Waals surface area contributed by atoms with E-state index in [1.54, 1.807) is 12.4 Å². The molecule has 1 aliphatic rings. The summed E-state index contributed by atoms with van der Waals surface area (Å²) in [6.07, 6.45) is 4.95. The highest BCUT2D eigenvalue weighted by Crippen LogP contribution is 2.24. The van der Waals surface area contributed by atoms with Gasteiger partial charge in [-0.1, -0.05) is 29.8 Å². The monoisotopic (exact) mass is 366 g/mol. The van der Waals surface area contributed by atoms with Gasteiger partial charge in [0, 0.05) is 18.3 Å². The number of rotatable bonds is 6. The van der Waals surface area contributed by atoms with Gasteiger partial charge in [-0.3, -0.25) is 19.5 Å². The zero-order valence-electron chi connectivity index (χ0n) is 15.6. The van der Waals surface area contributed by atoms with Crippen LogP contribution in [0.1, 0.15) is 35.6 Å². The molecule has 3 N–H and O–H groups in total. The maximum Gasteiger partial charge on any atom is 0.231 e. The van der Waals surface area contributed by atoms with Crippen molar-refractivity contribution in [2.24, 2.45) is 11.7 Å². The van der Waals surface area contributed by atoms with E-state index in [9.17, 15) is 9.59 Å². The zero-order chi connectivity index (χ0) is 19.2. The summed E-state index contributed by atoms with van der Waals surface area (Å²) in [7, 11) is 0. The summed E-state index contributed by atoms with van der Waals surface area (Å²) >= 11 is 0. The molecule has 2 heterocycles. The number of amides is 2. The molecule has 0 bridgehead atoms. The lowest BCUT2D eigenvalue weighted by atomic mass is 9.93. The molecule has 142 valence electrons. The fourth-order valence-electron chi connectivity index (χ4n) is 3.51. The van der Waals surface area contributed by atoms with Gasteiger partial charge in [-0.2, -0.15) is 0 Å². The van der Waals surface area contributed by atoms with Crippen molar-refractivity contribution >= 4 is 11.8 Å². The Morgan fingerprint density at radius 3 is 2.30 bits per heavy atom. The van der Waals surface area contributed by atoms with Crippen molar-refractivity contribution in [1.29, 1.82) is 0 Å². The molecule has 0 saturated carbocycles. The summed E-state index contributed by atoms with van der Waals surface area (Å²) in [6, 6.07) is 11.9. The van der Waals surface area contributed by atoms with Crippen LogP contribution in [0.3, 0.4) is 0 Å². The number of carbonyl (C=O) groups is 2. The summed E-state index contributed by atoms with van der Waals surface area (Å²) < 4.78 is 0. The predicted octanol–water partition coefficient (Wildman–Crippen LogP) is 1.79. The first-order valence-electron chi connectivity index (χ1n) is 9.30. The Balaban J connectivity index is 1.70. The second-order valence-electron chi connectivity index (χ2n) is 7.15. The number of nitrogens with two attached hydrogens (primary N) is 1. The normalized spacial score (nSPS) is 16.6. The molecule has 3 rings (SSSR count). The SMILES string of the molecule is Cc1ccc([C@H](NC(=O)C2CCN(CC(N)=O)CC2)c2ccncc2)cc1. The molecular formula is C21H26N4O2. The first-order chi connectivity index (χ1) is 13.0. The Morgan fingerprint density at radius 1 is 1.11 bits per heavy atom. The number of likely N-dealkylation sites (tertiary alicyclic amines) is 1.